The number of para-hydroxylation sites is 1. The van der Waals surface area contributed by atoms with Crippen LogP contribution in [0.25, 0.3) is 0 Å². The molecule has 2 fully saturated rings. The maximum absolute atomic E-state index is 13.6. The highest BCUT2D eigenvalue weighted by molar-refractivity contribution is 6.06. The molecule has 1 spiro atoms. The predicted molar refractivity (Wildman–Crippen MR) is 111 cm³/mol. The zero-order chi connectivity index (χ0) is 21.3. The lowest BCUT2D eigenvalue weighted by Crippen LogP contribution is -2.57. The van der Waals surface area contributed by atoms with Crippen molar-refractivity contribution in [2.75, 3.05) is 36.7 Å². The molecule has 2 saturated heterocycles. The van der Waals surface area contributed by atoms with Gasteiger partial charge in [0.05, 0.1) is 19.3 Å². The van der Waals surface area contributed by atoms with Crippen LogP contribution in [0.5, 0.6) is 0 Å². The van der Waals surface area contributed by atoms with Crippen LogP contribution in [0.3, 0.4) is 0 Å². The number of likely N-dealkylation sites (tertiary alicyclic amines) is 1. The van der Waals surface area contributed by atoms with Gasteiger partial charge in [0, 0.05) is 24.5 Å². The summed E-state index contributed by atoms with van der Waals surface area (Å²) in [5.41, 5.74) is 1.22. The Labute approximate surface area is 174 Å². The standard InChI is InChI=1S/C22H23N3O5/c1-30-19(26)16-7-9-17(10-8-16)24-15-25(18-5-3-2-4-6-18)22(20(24)27)11-13-23(14-12-22)21(28)29/h2-10H,11-15H2,1H3,(H,28,29). The second-order valence-electron chi connectivity index (χ2n) is 7.48. The van der Waals surface area contributed by atoms with E-state index < -0.39 is 17.6 Å². The molecule has 0 unspecified atom stereocenters. The van der Waals surface area contributed by atoms with Gasteiger partial charge in [-0.2, -0.15) is 0 Å². The lowest BCUT2D eigenvalue weighted by atomic mass is 9.85. The lowest BCUT2D eigenvalue weighted by Gasteiger charge is -2.42. The first-order valence-electron chi connectivity index (χ1n) is 9.77. The highest BCUT2D eigenvalue weighted by atomic mass is 16.5. The number of benzene rings is 2. The van der Waals surface area contributed by atoms with E-state index in [1.165, 1.54) is 12.0 Å². The average molecular weight is 409 g/mol. The van der Waals surface area contributed by atoms with Gasteiger partial charge in [0.2, 0.25) is 0 Å². The molecular formula is C22H23N3O5. The number of amides is 2. The van der Waals surface area contributed by atoms with E-state index in [9.17, 15) is 19.5 Å². The summed E-state index contributed by atoms with van der Waals surface area (Å²) >= 11 is 0. The lowest BCUT2D eigenvalue weighted by molar-refractivity contribution is -0.123. The molecule has 0 radical (unpaired) electrons. The van der Waals surface area contributed by atoms with Crippen molar-refractivity contribution >= 4 is 29.3 Å². The molecule has 0 aromatic heterocycles. The summed E-state index contributed by atoms with van der Waals surface area (Å²) in [6, 6.07) is 16.4. The Bertz CT molecular complexity index is 952. The Balaban J connectivity index is 1.67. The molecule has 2 aromatic rings. The summed E-state index contributed by atoms with van der Waals surface area (Å²) in [5, 5.41) is 9.32. The molecule has 0 bridgehead atoms. The van der Waals surface area contributed by atoms with Crippen LogP contribution in [0.4, 0.5) is 16.2 Å². The topological polar surface area (TPSA) is 90.4 Å². The smallest absolute Gasteiger partial charge is 0.407 e. The van der Waals surface area contributed by atoms with Crippen molar-refractivity contribution in [3.8, 4) is 0 Å². The Morgan fingerprint density at radius 3 is 2.17 bits per heavy atom. The number of methoxy groups -OCH3 is 1. The number of carboxylic acid groups (broad SMARTS) is 1. The molecule has 0 saturated carbocycles. The molecule has 30 heavy (non-hydrogen) atoms. The quantitative estimate of drug-likeness (QED) is 0.784. The maximum Gasteiger partial charge on any atom is 0.407 e. The minimum absolute atomic E-state index is 0.0535. The molecule has 156 valence electrons. The molecule has 0 atom stereocenters. The number of ether oxygens (including phenoxy) is 1. The van der Waals surface area contributed by atoms with E-state index in [-0.39, 0.29) is 5.91 Å². The van der Waals surface area contributed by atoms with Gasteiger partial charge in [-0.3, -0.25) is 9.69 Å². The van der Waals surface area contributed by atoms with E-state index in [4.69, 9.17) is 4.74 Å². The molecule has 0 aliphatic carbocycles. The van der Waals surface area contributed by atoms with Crippen molar-refractivity contribution in [1.29, 1.82) is 0 Å². The summed E-state index contributed by atoms with van der Waals surface area (Å²) in [7, 11) is 1.32. The van der Waals surface area contributed by atoms with Gasteiger partial charge in [0.25, 0.3) is 5.91 Å². The number of esters is 1. The zero-order valence-electron chi connectivity index (χ0n) is 16.7. The van der Waals surface area contributed by atoms with Crippen LogP contribution in [0.1, 0.15) is 23.2 Å². The van der Waals surface area contributed by atoms with Gasteiger partial charge < -0.3 is 19.6 Å². The Kier molecular flexibility index (Phi) is 5.07. The van der Waals surface area contributed by atoms with Gasteiger partial charge in [0.1, 0.15) is 5.54 Å². The van der Waals surface area contributed by atoms with Gasteiger partial charge in [-0.25, -0.2) is 9.59 Å². The fourth-order valence-electron chi connectivity index (χ4n) is 4.29. The monoisotopic (exact) mass is 409 g/mol. The third-order valence-electron chi connectivity index (χ3n) is 5.97. The van der Waals surface area contributed by atoms with Crippen molar-refractivity contribution in [2.45, 2.75) is 18.4 Å². The van der Waals surface area contributed by atoms with E-state index in [0.717, 1.165) is 5.69 Å². The van der Waals surface area contributed by atoms with Crippen LogP contribution in [-0.2, 0) is 9.53 Å². The summed E-state index contributed by atoms with van der Waals surface area (Å²) in [6.07, 6.45) is -0.120. The first-order chi connectivity index (χ1) is 14.5. The molecule has 4 rings (SSSR count). The van der Waals surface area contributed by atoms with Gasteiger partial charge in [-0.1, -0.05) is 18.2 Å². The largest absolute Gasteiger partial charge is 0.465 e. The first-order valence-corrected chi connectivity index (χ1v) is 9.77. The summed E-state index contributed by atoms with van der Waals surface area (Å²) in [6.45, 7) is 0.965. The number of rotatable bonds is 3. The van der Waals surface area contributed by atoms with Gasteiger partial charge in [-0.15, -0.1) is 0 Å². The van der Waals surface area contributed by atoms with E-state index in [1.54, 1.807) is 29.2 Å². The fraction of sp³-hybridized carbons (Fsp3) is 0.318. The first kappa shape index (κ1) is 19.8. The number of nitrogens with zero attached hydrogens (tertiary/aromatic N) is 3. The number of carbonyl (C=O) groups is 3. The molecule has 2 aliphatic rings. The molecule has 2 aromatic carbocycles. The third-order valence-corrected chi connectivity index (χ3v) is 5.97. The van der Waals surface area contributed by atoms with Crippen molar-refractivity contribution < 1.29 is 24.2 Å². The fourth-order valence-corrected chi connectivity index (χ4v) is 4.29. The van der Waals surface area contributed by atoms with Gasteiger partial charge >= 0.3 is 12.1 Å². The highest BCUT2D eigenvalue weighted by Gasteiger charge is 2.54. The van der Waals surface area contributed by atoms with Crippen molar-refractivity contribution in [3.63, 3.8) is 0 Å². The number of piperidine rings is 1. The molecule has 2 aliphatic heterocycles. The minimum Gasteiger partial charge on any atom is -0.465 e. The Morgan fingerprint density at radius 2 is 1.60 bits per heavy atom. The van der Waals surface area contributed by atoms with E-state index >= 15 is 0 Å². The average Bonchev–Trinajstić information content (AvgIpc) is 3.06. The van der Waals surface area contributed by atoms with E-state index in [2.05, 4.69) is 4.90 Å². The Morgan fingerprint density at radius 1 is 0.967 bits per heavy atom. The van der Waals surface area contributed by atoms with Crippen molar-refractivity contribution in [2.24, 2.45) is 0 Å². The van der Waals surface area contributed by atoms with Crippen molar-refractivity contribution in [1.82, 2.24) is 4.90 Å². The second-order valence-corrected chi connectivity index (χ2v) is 7.48. The van der Waals surface area contributed by atoms with Crippen LogP contribution in [0.2, 0.25) is 0 Å². The molecular weight excluding hydrogens is 386 g/mol. The van der Waals surface area contributed by atoms with E-state index in [1.807, 2.05) is 30.3 Å². The molecule has 8 nitrogen and oxygen atoms in total. The van der Waals surface area contributed by atoms with Gasteiger partial charge in [-0.05, 0) is 49.2 Å². The van der Waals surface area contributed by atoms with Crippen LogP contribution >= 0.6 is 0 Å². The summed E-state index contributed by atoms with van der Waals surface area (Å²) in [5.74, 6) is -0.486. The van der Waals surface area contributed by atoms with Crippen LogP contribution in [0, 0.1) is 0 Å². The zero-order valence-corrected chi connectivity index (χ0v) is 16.7. The van der Waals surface area contributed by atoms with E-state index in [0.29, 0.717) is 43.9 Å². The van der Waals surface area contributed by atoms with Crippen LogP contribution in [0.15, 0.2) is 54.6 Å². The van der Waals surface area contributed by atoms with Crippen molar-refractivity contribution in [3.05, 3.63) is 60.2 Å². The van der Waals surface area contributed by atoms with Gasteiger partial charge in [0.15, 0.2) is 0 Å². The molecule has 2 heterocycles. The summed E-state index contributed by atoms with van der Waals surface area (Å²) < 4.78 is 4.74. The molecule has 8 heteroatoms. The third kappa shape index (κ3) is 3.24. The van der Waals surface area contributed by atoms with Crippen LogP contribution < -0.4 is 9.80 Å². The number of hydrogen-bond acceptors (Lipinski definition) is 5. The number of carbonyl (C=O) groups excluding carboxylic acids is 2. The second kappa shape index (κ2) is 7.70. The predicted octanol–water partition coefficient (Wildman–Crippen LogP) is 2.80. The number of anilines is 2. The SMILES string of the molecule is COC(=O)c1ccc(N2CN(c3ccccc3)C3(CCN(C(=O)O)CC3)C2=O)cc1. The maximum atomic E-state index is 13.6. The highest BCUT2D eigenvalue weighted by Crippen LogP contribution is 2.41. The molecule has 2 amide bonds. The minimum atomic E-state index is -0.961. The summed E-state index contributed by atoms with van der Waals surface area (Å²) in [4.78, 5) is 41.9. The molecule has 1 N–H and O–H groups in total. The normalized spacial score (nSPS) is 18.0. The van der Waals surface area contributed by atoms with Crippen LogP contribution in [-0.4, -0.2) is 60.4 Å². The Hall–Kier alpha value is -3.55. The number of hydrogen-bond donors (Lipinski definition) is 1.